The molecule has 3 nitrogen and oxygen atoms in total. The van der Waals surface area contributed by atoms with Crippen LogP contribution in [0.4, 0.5) is 0 Å². The molecule has 0 aromatic heterocycles. The average molecular weight is 344 g/mol. The summed E-state index contributed by atoms with van der Waals surface area (Å²) in [5.74, 6) is 1.21. The Morgan fingerprint density at radius 3 is 2.33 bits per heavy atom. The second-order valence-electron chi connectivity index (χ2n) is 6.27. The highest BCUT2D eigenvalue weighted by molar-refractivity contribution is 6.30. The summed E-state index contributed by atoms with van der Waals surface area (Å²) in [4.78, 5) is 12.0. The van der Waals surface area contributed by atoms with E-state index in [-0.39, 0.29) is 18.6 Å². The maximum atomic E-state index is 12.0. The van der Waals surface area contributed by atoms with Crippen LogP contribution in [0.25, 0.3) is 0 Å². The van der Waals surface area contributed by atoms with E-state index in [9.17, 15) is 4.79 Å². The van der Waals surface area contributed by atoms with Crippen LogP contribution >= 0.6 is 11.6 Å². The molecule has 0 radical (unpaired) electrons. The molecule has 3 rings (SSSR count). The molecule has 0 heterocycles. The summed E-state index contributed by atoms with van der Waals surface area (Å²) >= 11 is 5.82. The van der Waals surface area contributed by atoms with Crippen LogP contribution in [0.3, 0.4) is 0 Å². The number of carbonyl (C=O) groups excluding carboxylic acids is 1. The first-order valence-electron chi connectivity index (χ1n) is 8.43. The molecule has 0 saturated heterocycles. The van der Waals surface area contributed by atoms with Gasteiger partial charge < -0.3 is 10.1 Å². The molecule has 24 heavy (non-hydrogen) atoms. The van der Waals surface area contributed by atoms with Gasteiger partial charge in [-0.3, -0.25) is 4.79 Å². The van der Waals surface area contributed by atoms with Gasteiger partial charge in [-0.2, -0.15) is 0 Å². The number of hydrogen-bond acceptors (Lipinski definition) is 2. The number of ether oxygens (including phenoxy) is 1. The summed E-state index contributed by atoms with van der Waals surface area (Å²) in [7, 11) is 0. The van der Waals surface area contributed by atoms with Crippen molar-refractivity contribution >= 4 is 17.5 Å². The molecule has 1 amide bonds. The molecular weight excluding hydrogens is 322 g/mol. The average Bonchev–Trinajstić information content (AvgIpc) is 2.63. The Kier molecular flexibility index (Phi) is 5.76. The van der Waals surface area contributed by atoms with E-state index in [1.807, 2.05) is 0 Å². The van der Waals surface area contributed by atoms with Crippen LogP contribution in [0.5, 0.6) is 5.75 Å². The molecule has 0 bridgehead atoms. The Morgan fingerprint density at radius 1 is 1.00 bits per heavy atom. The van der Waals surface area contributed by atoms with E-state index in [1.165, 1.54) is 5.56 Å². The minimum atomic E-state index is -0.0619. The van der Waals surface area contributed by atoms with Crippen molar-refractivity contribution in [3.8, 4) is 5.75 Å². The van der Waals surface area contributed by atoms with Crippen LogP contribution in [-0.4, -0.2) is 18.6 Å². The maximum Gasteiger partial charge on any atom is 0.258 e. The van der Waals surface area contributed by atoms with Crippen molar-refractivity contribution < 1.29 is 9.53 Å². The van der Waals surface area contributed by atoms with Crippen LogP contribution in [0.2, 0.25) is 5.02 Å². The number of amides is 1. The number of rotatable bonds is 5. The molecule has 126 valence electrons. The maximum absolute atomic E-state index is 12.0. The largest absolute Gasteiger partial charge is 0.484 e. The lowest BCUT2D eigenvalue weighted by Crippen LogP contribution is -2.39. The molecule has 2 aromatic carbocycles. The number of carbonyl (C=O) groups is 1. The van der Waals surface area contributed by atoms with E-state index in [1.54, 1.807) is 24.3 Å². The summed E-state index contributed by atoms with van der Waals surface area (Å²) in [6, 6.07) is 17.9. The minimum Gasteiger partial charge on any atom is -0.484 e. The highest BCUT2D eigenvalue weighted by atomic mass is 35.5. The van der Waals surface area contributed by atoms with Crippen molar-refractivity contribution in [1.82, 2.24) is 5.32 Å². The normalized spacial score (nSPS) is 20.4. The van der Waals surface area contributed by atoms with E-state index >= 15 is 0 Å². The van der Waals surface area contributed by atoms with Crippen molar-refractivity contribution in [3.63, 3.8) is 0 Å². The van der Waals surface area contributed by atoms with E-state index < -0.39 is 0 Å². The molecule has 1 aliphatic rings. The topological polar surface area (TPSA) is 38.3 Å². The molecule has 1 N–H and O–H groups in total. The van der Waals surface area contributed by atoms with Crippen molar-refractivity contribution in [1.29, 1.82) is 0 Å². The van der Waals surface area contributed by atoms with Gasteiger partial charge in [-0.1, -0.05) is 41.9 Å². The molecule has 2 aromatic rings. The van der Waals surface area contributed by atoms with Crippen LogP contribution in [0.15, 0.2) is 54.6 Å². The Balaban J connectivity index is 1.41. The second kappa shape index (κ2) is 8.20. The quantitative estimate of drug-likeness (QED) is 0.864. The third-order valence-electron chi connectivity index (χ3n) is 4.55. The smallest absolute Gasteiger partial charge is 0.258 e. The van der Waals surface area contributed by atoms with Gasteiger partial charge in [-0.15, -0.1) is 0 Å². The number of nitrogens with one attached hydrogen (secondary N) is 1. The van der Waals surface area contributed by atoms with Crippen LogP contribution in [0.1, 0.15) is 37.2 Å². The predicted molar refractivity (Wildman–Crippen MR) is 96.5 cm³/mol. The fourth-order valence-electron chi connectivity index (χ4n) is 3.25. The first kappa shape index (κ1) is 16.8. The SMILES string of the molecule is O=C(COc1ccc(Cl)cc1)NC1CCC(c2ccccc2)CC1. The summed E-state index contributed by atoms with van der Waals surface area (Å²) in [6.07, 6.45) is 4.28. The van der Waals surface area contributed by atoms with Gasteiger partial charge in [0.15, 0.2) is 6.61 Å². The van der Waals surface area contributed by atoms with Gasteiger partial charge >= 0.3 is 0 Å². The fraction of sp³-hybridized carbons (Fsp3) is 0.350. The molecule has 1 fully saturated rings. The second-order valence-corrected chi connectivity index (χ2v) is 6.71. The fourth-order valence-corrected chi connectivity index (χ4v) is 3.37. The van der Waals surface area contributed by atoms with Gasteiger partial charge in [0.05, 0.1) is 0 Å². The van der Waals surface area contributed by atoms with Gasteiger partial charge in [0.1, 0.15) is 5.75 Å². The lowest BCUT2D eigenvalue weighted by Gasteiger charge is -2.29. The van der Waals surface area contributed by atoms with Gasteiger partial charge in [-0.05, 0) is 61.4 Å². The zero-order chi connectivity index (χ0) is 16.8. The Morgan fingerprint density at radius 2 is 1.67 bits per heavy atom. The van der Waals surface area contributed by atoms with E-state index in [0.717, 1.165) is 25.7 Å². The molecule has 0 spiro atoms. The third kappa shape index (κ3) is 4.75. The monoisotopic (exact) mass is 343 g/mol. The summed E-state index contributed by atoms with van der Waals surface area (Å²) in [6.45, 7) is 0.0419. The molecule has 0 unspecified atom stereocenters. The summed E-state index contributed by atoms with van der Waals surface area (Å²) in [5, 5.41) is 3.74. The van der Waals surface area contributed by atoms with E-state index in [2.05, 4.69) is 35.6 Å². The predicted octanol–water partition coefficient (Wildman–Crippen LogP) is 4.56. The zero-order valence-corrected chi connectivity index (χ0v) is 14.3. The Hall–Kier alpha value is -2.00. The van der Waals surface area contributed by atoms with Crippen LogP contribution < -0.4 is 10.1 Å². The molecule has 4 heteroatoms. The number of benzene rings is 2. The Labute approximate surface area is 148 Å². The molecule has 0 atom stereocenters. The summed E-state index contributed by atoms with van der Waals surface area (Å²) < 4.78 is 5.48. The number of halogens is 1. The molecule has 1 aliphatic carbocycles. The lowest BCUT2D eigenvalue weighted by atomic mass is 9.82. The van der Waals surface area contributed by atoms with Crippen molar-refractivity contribution in [2.75, 3.05) is 6.61 Å². The highest BCUT2D eigenvalue weighted by Crippen LogP contribution is 2.32. The van der Waals surface area contributed by atoms with Crippen molar-refractivity contribution in [2.24, 2.45) is 0 Å². The highest BCUT2D eigenvalue weighted by Gasteiger charge is 2.23. The first-order chi connectivity index (χ1) is 11.7. The zero-order valence-electron chi connectivity index (χ0n) is 13.6. The third-order valence-corrected chi connectivity index (χ3v) is 4.80. The summed E-state index contributed by atoms with van der Waals surface area (Å²) in [5.41, 5.74) is 1.41. The van der Waals surface area contributed by atoms with Gasteiger partial charge in [-0.25, -0.2) is 0 Å². The molecule has 1 saturated carbocycles. The van der Waals surface area contributed by atoms with Crippen LogP contribution in [-0.2, 0) is 4.79 Å². The molecular formula is C20H22ClNO2. The van der Waals surface area contributed by atoms with Gasteiger partial charge in [0.25, 0.3) is 5.91 Å². The minimum absolute atomic E-state index is 0.0419. The van der Waals surface area contributed by atoms with E-state index in [0.29, 0.717) is 16.7 Å². The van der Waals surface area contributed by atoms with Gasteiger partial charge in [0, 0.05) is 11.1 Å². The number of hydrogen-bond donors (Lipinski definition) is 1. The molecule has 0 aliphatic heterocycles. The van der Waals surface area contributed by atoms with Crippen LogP contribution in [0, 0.1) is 0 Å². The lowest BCUT2D eigenvalue weighted by molar-refractivity contribution is -0.124. The van der Waals surface area contributed by atoms with E-state index in [4.69, 9.17) is 16.3 Å². The first-order valence-corrected chi connectivity index (χ1v) is 8.81. The van der Waals surface area contributed by atoms with Gasteiger partial charge in [0.2, 0.25) is 0 Å². The standard InChI is InChI=1S/C20H22ClNO2/c21-17-8-12-19(13-9-17)24-14-20(23)22-18-10-6-16(7-11-18)15-4-2-1-3-5-15/h1-5,8-9,12-13,16,18H,6-7,10-11,14H2,(H,22,23). The van der Waals surface area contributed by atoms with Crippen molar-refractivity contribution in [3.05, 3.63) is 65.2 Å². The Bertz CT molecular complexity index is 649. The van der Waals surface area contributed by atoms with Crippen molar-refractivity contribution in [2.45, 2.75) is 37.6 Å².